The molecule has 0 saturated carbocycles. The number of Topliss-reactive ketones (excluding diaryl/α,β-unsaturated/α-hetero) is 2. The van der Waals surface area contributed by atoms with Crippen LogP contribution in [0.15, 0.2) is 12.2 Å². The summed E-state index contributed by atoms with van der Waals surface area (Å²) in [5.41, 5.74) is 0.117. The highest BCUT2D eigenvalue weighted by atomic mass is 32.2. The SMILES string of the molecule is CCCCCCCCCCCCSC(C)CC(=O)C1C(C)C=CCC1(C)C.CCCCCCCCCCCCSC(C)CC(=O)CCCC. The van der Waals surface area contributed by atoms with Crippen LogP contribution in [0.5, 0.6) is 0 Å². The molecule has 0 aromatic heterocycles. The highest BCUT2D eigenvalue weighted by molar-refractivity contribution is 8.00. The first-order valence-corrected chi connectivity index (χ1v) is 23.6. The number of carbonyl (C=O) groups is 2. The normalized spacial score (nSPS) is 18.1. The molecule has 0 radical (unpaired) electrons. The number of carbonyl (C=O) groups excluding carboxylic acids is 2. The molecule has 4 atom stereocenters. The van der Waals surface area contributed by atoms with Crippen LogP contribution in [0.3, 0.4) is 0 Å². The van der Waals surface area contributed by atoms with Crippen molar-refractivity contribution in [2.45, 2.75) is 233 Å². The molecule has 0 bridgehead atoms. The number of hydrogen-bond acceptors (Lipinski definition) is 4. The van der Waals surface area contributed by atoms with Crippen LogP contribution in [0.2, 0.25) is 0 Å². The molecule has 0 saturated heterocycles. The fourth-order valence-corrected chi connectivity index (χ4v) is 9.47. The van der Waals surface area contributed by atoms with Gasteiger partial charge < -0.3 is 0 Å². The van der Waals surface area contributed by atoms with E-state index in [4.69, 9.17) is 0 Å². The summed E-state index contributed by atoms with van der Waals surface area (Å²) in [6, 6.07) is 0. The second-order valence-corrected chi connectivity index (χ2v) is 19.3. The molecule has 1 rings (SSSR count). The van der Waals surface area contributed by atoms with E-state index in [9.17, 15) is 9.59 Å². The maximum atomic E-state index is 12.9. The highest BCUT2D eigenvalue weighted by Crippen LogP contribution is 2.42. The van der Waals surface area contributed by atoms with Gasteiger partial charge in [-0.3, -0.25) is 9.59 Å². The summed E-state index contributed by atoms with van der Waals surface area (Å²) in [5.74, 6) is 3.99. The third kappa shape index (κ3) is 29.0. The van der Waals surface area contributed by atoms with E-state index >= 15 is 0 Å². The third-order valence-electron chi connectivity index (χ3n) is 10.4. The number of hydrogen-bond donors (Lipinski definition) is 0. The predicted molar refractivity (Wildman–Crippen MR) is 226 cm³/mol. The molecule has 0 fully saturated rings. The number of ketones is 2. The lowest BCUT2D eigenvalue weighted by Crippen LogP contribution is -2.38. The lowest BCUT2D eigenvalue weighted by atomic mass is 9.65. The molecule has 0 aliphatic heterocycles. The molecule has 1 aliphatic rings. The van der Waals surface area contributed by atoms with Crippen LogP contribution in [0.25, 0.3) is 0 Å². The lowest BCUT2D eigenvalue weighted by Gasteiger charge is -2.39. The summed E-state index contributed by atoms with van der Waals surface area (Å²) >= 11 is 4.00. The van der Waals surface area contributed by atoms with Crippen LogP contribution in [0, 0.1) is 17.3 Å². The molecule has 0 aromatic carbocycles. The molecule has 49 heavy (non-hydrogen) atoms. The summed E-state index contributed by atoms with van der Waals surface area (Å²) in [6.45, 7) is 17.9. The van der Waals surface area contributed by atoms with Crippen LogP contribution < -0.4 is 0 Å². The van der Waals surface area contributed by atoms with Crippen molar-refractivity contribution in [3.05, 3.63) is 12.2 Å². The predicted octanol–water partition coefficient (Wildman–Crippen LogP) is 15.4. The topological polar surface area (TPSA) is 34.1 Å². The Bertz CT molecular complexity index is 791. The van der Waals surface area contributed by atoms with Crippen LogP contribution in [0.4, 0.5) is 0 Å². The van der Waals surface area contributed by atoms with Crippen LogP contribution in [0.1, 0.15) is 222 Å². The molecule has 290 valence electrons. The molecule has 0 spiro atoms. The Hall–Kier alpha value is -0.220. The van der Waals surface area contributed by atoms with Gasteiger partial charge in [0.25, 0.3) is 0 Å². The van der Waals surface area contributed by atoms with Gasteiger partial charge in [-0.15, -0.1) is 0 Å². The number of rotatable bonds is 32. The number of thioether (sulfide) groups is 2. The molecule has 4 unspecified atom stereocenters. The van der Waals surface area contributed by atoms with Gasteiger partial charge in [0.1, 0.15) is 11.6 Å². The Balaban J connectivity index is 0.000000962. The van der Waals surface area contributed by atoms with E-state index < -0.39 is 0 Å². The Morgan fingerprint density at radius 3 is 1.41 bits per heavy atom. The maximum Gasteiger partial charge on any atom is 0.138 e. The molecule has 4 heteroatoms. The van der Waals surface area contributed by atoms with Gasteiger partial charge in [-0.1, -0.05) is 190 Å². The van der Waals surface area contributed by atoms with Crippen molar-refractivity contribution in [2.24, 2.45) is 17.3 Å². The monoisotopic (exact) mass is 723 g/mol. The van der Waals surface area contributed by atoms with Crippen molar-refractivity contribution in [3.63, 3.8) is 0 Å². The summed E-state index contributed by atoms with van der Waals surface area (Å²) in [6.07, 6.45) is 38.0. The van der Waals surface area contributed by atoms with E-state index in [1.165, 1.54) is 140 Å². The van der Waals surface area contributed by atoms with E-state index in [1.54, 1.807) is 0 Å². The summed E-state index contributed by atoms with van der Waals surface area (Å²) in [5, 5.41) is 0.980. The van der Waals surface area contributed by atoms with Gasteiger partial charge in [-0.05, 0) is 48.5 Å². The van der Waals surface area contributed by atoms with E-state index in [2.05, 4.69) is 67.5 Å². The van der Waals surface area contributed by atoms with Crippen LogP contribution in [-0.4, -0.2) is 33.6 Å². The molecule has 0 amide bonds. The Morgan fingerprint density at radius 2 is 1.00 bits per heavy atom. The zero-order chi connectivity index (χ0) is 36.6. The van der Waals surface area contributed by atoms with Gasteiger partial charge in [0.05, 0.1) is 0 Å². The Morgan fingerprint density at radius 1 is 0.612 bits per heavy atom. The van der Waals surface area contributed by atoms with Gasteiger partial charge >= 0.3 is 0 Å². The largest absolute Gasteiger partial charge is 0.300 e. The molecule has 2 nitrogen and oxygen atoms in total. The molecule has 0 N–H and O–H groups in total. The summed E-state index contributed by atoms with van der Waals surface area (Å²) in [4.78, 5) is 24.6. The minimum atomic E-state index is 0.117. The van der Waals surface area contributed by atoms with Crippen molar-refractivity contribution in [1.82, 2.24) is 0 Å². The van der Waals surface area contributed by atoms with Crippen LogP contribution >= 0.6 is 23.5 Å². The second kappa shape index (κ2) is 33.6. The van der Waals surface area contributed by atoms with Crippen molar-refractivity contribution >= 4 is 35.1 Å². The van der Waals surface area contributed by atoms with Gasteiger partial charge in [0.15, 0.2) is 0 Å². The summed E-state index contributed by atoms with van der Waals surface area (Å²) < 4.78 is 0. The number of allylic oxidation sites excluding steroid dienone is 2. The first-order chi connectivity index (χ1) is 23.6. The van der Waals surface area contributed by atoms with Crippen LogP contribution in [-0.2, 0) is 9.59 Å². The maximum absolute atomic E-state index is 12.9. The fraction of sp³-hybridized carbons (Fsp3) is 0.911. The quantitative estimate of drug-likeness (QED) is 0.0511. The van der Waals surface area contributed by atoms with E-state index in [-0.39, 0.29) is 11.3 Å². The van der Waals surface area contributed by atoms with Crippen molar-refractivity contribution in [2.75, 3.05) is 11.5 Å². The zero-order valence-electron chi connectivity index (χ0n) is 34.4. The fourth-order valence-electron chi connectivity index (χ4n) is 7.34. The van der Waals surface area contributed by atoms with E-state index in [1.807, 2.05) is 23.5 Å². The van der Waals surface area contributed by atoms with Crippen molar-refractivity contribution < 1.29 is 9.59 Å². The molecular formula is C45H86O2S2. The first kappa shape index (κ1) is 48.8. The standard InChI is InChI=1S/C25H46OS.C20H40OS/c1-6-7-8-9-10-11-12-13-14-15-19-27-22(3)20-23(26)24-21(2)17-16-18-25(24,4)5;1-4-6-8-9-10-11-12-13-14-15-17-22-19(3)18-20(21)16-7-5-2/h16-17,21-22,24H,6-15,18-20H2,1-5H3;19H,4-18H2,1-3H3. The smallest absolute Gasteiger partial charge is 0.138 e. The molecule has 0 heterocycles. The van der Waals surface area contributed by atoms with E-state index in [0.29, 0.717) is 28.0 Å². The van der Waals surface area contributed by atoms with Gasteiger partial charge in [-0.2, -0.15) is 23.5 Å². The van der Waals surface area contributed by atoms with Crippen molar-refractivity contribution in [3.8, 4) is 0 Å². The average Bonchev–Trinajstić information content (AvgIpc) is 3.05. The minimum Gasteiger partial charge on any atom is -0.300 e. The highest BCUT2D eigenvalue weighted by Gasteiger charge is 2.39. The minimum absolute atomic E-state index is 0.117. The van der Waals surface area contributed by atoms with E-state index in [0.717, 1.165) is 38.5 Å². The number of unbranched alkanes of at least 4 members (excludes halogenated alkanes) is 19. The Labute approximate surface area is 317 Å². The molecule has 1 aliphatic carbocycles. The second-order valence-electron chi connectivity index (χ2n) is 16.2. The summed E-state index contributed by atoms with van der Waals surface area (Å²) in [7, 11) is 0. The Kier molecular flexibility index (Phi) is 33.5. The first-order valence-electron chi connectivity index (χ1n) is 21.5. The molecular weight excluding hydrogens is 637 g/mol. The molecule has 0 aromatic rings. The van der Waals surface area contributed by atoms with Gasteiger partial charge in [-0.25, -0.2) is 0 Å². The lowest BCUT2D eigenvalue weighted by molar-refractivity contribution is -0.128. The zero-order valence-corrected chi connectivity index (χ0v) is 36.0. The van der Waals surface area contributed by atoms with Gasteiger partial charge in [0.2, 0.25) is 0 Å². The van der Waals surface area contributed by atoms with Crippen molar-refractivity contribution in [1.29, 1.82) is 0 Å². The average molecular weight is 723 g/mol. The third-order valence-corrected chi connectivity index (χ3v) is 12.9. The van der Waals surface area contributed by atoms with Gasteiger partial charge in [0, 0.05) is 35.7 Å².